The summed E-state index contributed by atoms with van der Waals surface area (Å²) in [5, 5.41) is 0. The molecule has 0 amide bonds. The molecule has 2 heteroatoms. The summed E-state index contributed by atoms with van der Waals surface area (Å²) in [5.74, 6) is 0. The summed E-state index contributed by atoms with van der Waals surface area (Å²) >= 11 is 4.43. The lowest BCUT2D eigenvalue weighted by Gasteiger charge is -2.34. The van der Waals surface area contributed by atoms with Gasteiger partial charge in [-0.1, -0.05) is 20.8 Å². The molecular weight excluding hydrogens is 156 g/mol. The van der Waals surface area contributed by atoms with Crippen LogP contribution in [0.1, 0.15) is 40.0 Å². The molecule has 1 unspecified atom stereocenters. The lowest BCUT2D eigenvalue weighted by atomic mass is 9.81. The van der Waals surface area contributed by atoms with Crippen LogP contribution in [-0.4, -0.2) is 15.1 Å². The summed E-state index contributed by atoms with van der Waals surface area (Å²) in [4.78, 5) is 0.340. The monoisotopic (exact) mass is 173 g/mol. The van der Waals surface area contributed by atoms with E-state index in [1.54, 1.807) is 0 Å². The summed E-state index contributed by atoms with van der Waals surface area (Å²) in [5.41, 5.74) is 0.403. The van der Waals surface area contributed by atoms with Crippen molar-refractivity contribution in [2.45, 2.75) is 44.9 Å². The van der Waals surface area contributed by atoms with E-state index < -0.39 is 0 Å². The van der Waals surface area contributed by atoms with E-state index in [1.807, 2.05) is 0 Å². The van der Waals surface area contributed by atoms with Crippen molar-refractivity contribution >= 4 is 22.9 Å². The van der Waals surface area contributed by atoms with Crippen LogP contribution in [0.25, 0.3) is 0 Å². The highest BCUT2D eigenvalue weighted by Crippen LogP contribution is 2.35. The van der Waals surface area contributed by atoms with Gasteiger partial charge in [0.2, 0.25) is 0 Å². The Kier molecular flexibility index (Phi) is 4.70. The first-order valence-corrected chi connectivity index (χ1v) is 5.11. The molecule has 0 heterocycles. The highest BCUT2D eigenvalue weighted by molar-refractivity contribution is 7.82. The zero-order valence-electron chi connectivity index (χ0n) is 7.15. The largest absolute Gasteiger partial charge is 0.179 e. The van der Waals surface area contributed by atoms with Crippen LogP contribution in [0.4, 0.5) is 0 Å². The Morgan fingerprint density at radius 3 is 1.50 bits per heavy atom. The van der Waals surface area contributed by atoms with Gasteiger partial charge in [0.1, 0.15) is 0 Å². The topological polar surface area (TPSA) is 0 Å². The van der Waals surface area contributed by atoms with Crippen molar-refractivity contribution in [3.8, 4) is 0 Å². The average Bonchev–Trinajstić information content (AvgIpc) is 1.92. The fraction of sp³-hybridized carbons (Fsp3) is 1.00. The zero-order chi connectivity index (χ0) is 8.20. The normalized spacial score (nSPS) is 15.3. The molecule has 0 spiro atoms. The van der Waals surface area contributed by atoms with Gasteiger partial charge in [-0.15, -0.1) is 0 Å². The molecule has 0 aliphatic carbocycles. The predicted molar refractivity (Wildman–Crippen MR) is 51.8 cm³/mol. The van der Waals surface area contributed by atoms with Gasteiger partial charge < -0.3 is 0 Å². The molecule has 3 radical (unpaired) electrons. The maximum atomic E-state index is 4.43. The standard InChI is InChI=1S/C8H17SSi/c1-4-8(5-2,6-3)7(9)10/h7,9H,4-6H2,1-3H3. The Bertz CT molecular complexity index is 79.0. The number of rotatable bonds is 4. The van der Waals surface area contributed by atoms with Gasteiger partial charge in [0, 0.05) is 10.2 Å². The van der Waals surface area contributed by atoms with Crippen LogP contribution < -0.4 is 0 Å². The SMILES string of the molecule is CCC(CC)(CC)C([Si])S. The molecule has 0 aromatic carbocycles. The summed E-state index contributed by atoms with van der Waals surface area (Å²) < 4.78 is 0. The Morgan fingerprint density at radius 1 is 1.20 bits per heavy atom. The zero-order valence-corrected chi connectivity index (χ0v) is 9.04. The van der Waals surface area contributed by atoms with Crippen LogP contribution in [-0.2, 0) is 0 Å². The highest BCUT2D eigenvalue weighted by atomic mass is 32.1. The van der Waals surface area contributed by atoms with Crippen LogP contribution in [0.3, 0.4) is 0 Å². The van der Waals surface area contributed by atoms with E-state index in [1.165, 1.54) is 19.3 Å². The molecule has 0 aromatic heterocycles. The van der Waals surface area contributed by atoms with Crippen molar-refractivity contribution < 1.29 is 0 Å². The van der Waals surface area contributed by atoms with E-state index in [4.69, 9.17) is 0 Å². The molecule has 0 aliphatic heterocycles. The third-order valence-corrected chi connectivity index (χ3v) is 3.85. The summed E-state index contributed by atoms with van der Waals surface area (Å²) in [6, 6.07) is 0. The Morgan fingerprint density at radius 2 is 1.50 bits per heavy atom. The Labute approximate surface area is 73.6 Å². The smallest absolute Gasteiger partial charge is 0.0419 e. The third kappa shape index (κ3) is 2.02. The van der Waals surface area contributed by atoms with E-state index in [2.05, 4.69) is 43.6 Å². The average molecular weight is 173 g/mol. The van der Waals surface area contributed by atoms with Crippen molar-refractivity contribution in [1.82, 2.24) is 0 Å². The van der Waals surface area contributed by atoms with Gasteiger partial charge >= 0.3 is 0 Å². The van der Waals surface area contributed by atoms with Crippen molar-refractivity contribution in [1.29, 1.82) is 0 Å². The van der Waals surface area contributed by atoms with Crippen LogP contribution in [0.15, 0.2) is 0 Å². The van der Waals surface area contributed by atoms with Crippen molar-refractivity contribution in [2.24, 2.45) is 5.41 Å². The van der Waals surface area contributed by atoms with E-state index in [0.717, 1.165) is 0 Å². The van der Waals surface area contributed by atoms with E-state index >= 15 is 0 Å². The van der Waals surface area contributed by atoms with E-state index in [0.29, 0.717) is 10.3 Å². The van der Waals surface area contributed by atoms with Crippen LogP contribution in [0, 0.1) is 5.41 Å². The van der Waals surface area contributed by atoms with Crippen LogP contribution in [0.2, 0.25) is 0 Å². The van der Waals surface area contributed by atoms with Gasteiger partial charge in [-0.2, -0.15) is 12.6 Å². The van der Waals surface area contributed by atoms with Crippen molar-refractivity contribution in [3.63, 3.8) is 0 Å². The molecule has 0 aromatic rings. The minimum absolute atomic E-state index is 0.340. The maximum Gasteiger partial charge on any atom is 0.0419 e. The highest BCUT2D eigenvalue weighted by Gasteiger charge is 2.27. The van der Waals surface area contributed by atoms with Crippen molar-refractivity contribution in [3.05, 3.63) is 0 Å². The molecule has 0 fully saturated rings. The second kappa shape index (κ2) is 4.45. The lowest BCUT2D eigenvalue weighted by molar-refractivity contribution is 0.278. The summed E-state index contributed by atoms with van der Waals surface area (Å²) in [7, 11) is 3.59. The quantitative estimate of drug-likeness (QED) is 0.490. The Balaban J connectivity index is 4.15. The second-order valence-corrected chi connectivity index (χ2v) is 4.41. The van der Waals surface area contributed by atoms with Crippen LogP contribution >= 0.6 is 12.6 Å². The molecule has 10 heavy (non-hydrogen) atoms. The summed E-state index contributed by atoms with van der Waals surface area (Å²) in [6.45, 7) is 6.70. The first-order valence-electron chi connectivity index (χ1n) is 4.02. The minimum Gasteiger partial charge on any atom is -0.179 e. The molecule has 0 saturated heterocycles. The first kappa shape index (κ1) is 10.6. The maximum absolute atomic E-state index is 4.43. The van der Waals surface area contributed by atoms with Gasteiger partial charge in [0.15, 0.2) is 0 Å². The predicted octanol–water partition coefficient (Wildman–Crippen LogP) is 2.63. The minimum atomic E-state index is 0.340. The molecule has 0 saturated carbocycles. The fourth-order valence-electron chi connectivity index (χ4n) is 1.33. The molecule has 0 N–H and O–H groups in total. The third-order valence-electron chi connectivity index (χ3n) is 2.69. The Hall–Kier alpha value is 0.567. The molecular formula is C8H17SSi. The fourth-order valence-corrected chi connectivity index (χ4v) is 2.49. The summed E-state index contributed by atoms with van der Waals surface area (Å²) in [6.07, 6.45) is 3.62. The van der Waals surface area contributed by atoms with Crippen molar-refractivity contribution in [2.75, 3.05) is 0 Å². The number of hydrogen-bond donors (Lipinski definition) is 1. The van der Waals surface area contributed by atoms with Gasteiger partial charge in [-0.05, 0) is 29.6 Å². The van der Waals surface area contributed by atoms with Gasteiger partial charge in [-0.25, -0.2) is 0 Å². The molecule has 1 atom stereocenters. The molecule has 0 rings (SSSR count). The lowest BCUT2D eigenvalue weighted by Crippen LogP contribution is -2.29. The second-order valence-electron chi connectivity index (χ2n) is 2.83. The molecule has 0 nitrogen and oxygen atoms in total. The first-order chi connectivity index (χ1) is 4.63. The molecule has 0 aliphatic rings. The van der Waals surface area contributed by atoms with Gasteiger partial charge in [0.05, 0.1) is 0 Å². The number of thiol groups is 1. The van der Waals surface area contributed by atoms with Crippen LogP contribution in [0.5, 0.6) is 0 Å². The molecule has 0 bridgehead atoms. The van der Waals surface area contributed by atoms with E-state index in [9.17, 15) is 0 Å². The van der Waals surface area contributed by atoms with E-state index in [-0.39, 0.29) is 0 Å². The number of hydrogen-bond acceptors (Lipinski definition) is 1. The van der Waals surface area contributed by atoms with Gasteiger partial charge in [-0.3, -0.25) is 0 Å². The molecule has 59 valence electrons. The van der Waals surface area contributed by atoms with Gasteiger partial charge in [0.25, 0.3) is 0 Å².